The van der Waals surface area contributed by atoms with Gasteiger partial charge in [-0.3, -0.25) is 19.3 Å². The van der Waals surface area contributed by atoms with Gasteiger partial charge in [0.1, 0.15) is 22.8 Å². The van der Waals surface area contributed by atoms with Crippen LogP contribution in [0.1, 0.15) is 17.5 Å². The number of nitrogens with one attached hydrogen (secondary N) is 1. The molecule has 176 valence electrons. The van der Waals surface area contributed by atoms with E-state index in [1.54, 1.807) is 0 Å². The molecule has 1 aromatic rings. The van der Waals surface area contributed by atoms with E-state index in [4.69, 9.17) is 5.73 Å². The van der Waals surface area contributed by atoms with Crippen molar-refractivity contribution in [3.05, 3.63) is 45.4 Å². The number of nitrogens with two attached hydrogens (primary N) is 1. The number of aromatic hydroxyl groups is 1. The third kappa shape index (κ3) is 2.92. The number of hydrogen-bond acceptors (Lipinski definition) is 10. The minimum Gasteiger partial charge on any atom is -0.595 e. The van der Waals surface area contributed by atoms with Gasteiger partial charge in [0.15, 0.2) is 17.1 Å². The molecule has 8 N–H and O–H groups in total. The zero-order chi connectivity index (χ0) is 24.6. The lowest BCUT2D eigenvalue weighted by Gasteiger charge is -2.50. The summed E-state index contributed by atoms with van der Waals surface area (Å²) in [7, 11) is 2.99. The monoisotopic (exact) mass is 461 g/mol. The smallest absolute Gasteiger partial charge is 0.255 e. The molecule has 3 aliphatic rings. The molecular formula is C21H23N3O9. The van der Waals surface area contributed by atoms with Crippen molar-refractivity contribution >= 4 is 28.9 Å². The van der Waals surface area contributed by atoms with E-state index < -0.39 is 69.0 Å². The van der Waals surface area contributed by atoms with Crippen molar-refractivity contribution < 1.29 is 45.2 Å². The lowest BCUT2D eigenvalue weighted by molar-refractivity contribution is -0.991. The number of quaternary nitrogens is 1. The van der Waals surface area contributed by atoms with Gasteiger partial charge >= 0.3 is 0 Å². The Kier molecular flexibility index (Phi) is 5.11. The van der Waals surface area contributed by atoms with Gasteiger partial charge in [0.25, 0.3) is 5.91 Å². The highest BCUT2D eigenvalue weighted by atomic mass is 16.8. The minimum atomic E-state index is -2.73. The molecule has 12 heteroatoms. The van der Waals surface area contributed by atoms with Crippen LogP contribution in [0.15, 0.2) is 29.0 Å². The zero-order valence-electron chi connectivity index (χ0n) is 17.7. The average Bonchev–Trinajstić information content (AvgIpc) is 2.70. The molecule has 0 spiro atoms. The van der Waals surface area contributed by atoms with Gasteiger partial charge in [0.2, 0.25) is 5.78 Å². The summed E-state index contributed by atoms with van der Waals surface area (Å²) in [5, 5.41) is 63.3. The van der Waals surface area contributed by atoms with Crippen LogP contribution in [0.5, 0.6) is 5.75 Å². The van der Waals surface area contributed by atoms with Crippen molar-refractivity contribution in [2.24, 2.45) is 17.6 Å². The molecule has 5 atom stereocenters. The summed E-state index contributed by atoms with van der Waals surface area (Å²) in [4.78, 5) is 39.9. The number of amides is 1. The molecular weight excluding hydrogens is 438 g/mol. The Morgan fingerprint density at radius 3 is 2.42 bits per heavy atom. The van der Waals surface area contributed by atoms with Crippen LogP contribution in [0, 0.1) is 17.0 Å². The maximum atomic E-state index is 13.6. The van der Waals surface area contributed by atoms with Gasteiger partial charge in [0.05, 0.1) is 11.6 Å². The summed E-state index contributed by atoms with van der Waals surface area (Å²) < 4.78 is 0. The number of aliphatic hydroxyl groups is 3. The number of nitrogens with zero attached hydrogens (tertiary/aromatic N) is 1. The van der Waals surface area contributed by atoms with Crippen molar-refractivity contribution in [3.8, 4) is 5.75 Å². The number of fused-ring (bicyclic) bond motifs is 3. The molecule has 12 nitrogen and oxygen atoms in total. The fourth-order valence-electron chi connectivity index (χ4n) is 5.44. The molecule has 1 amide bonds. The predicted octanol–water partition coefficient (Wildman–Crippen LogP) is -1.63. The van der Waals surface area contributed by atoms with Crippen LogP contribution in [-0.4, -0.2) is 73.7 Å². The van der Waals surface area contributed by atoms with Gasteiger partial charge in [-0.15, -0.1) is 0 Å². The standard InChI is InChI=1S/C21H23N3O9/c1-23(2)15-9-6-7-5-8-10(24(32)33)3-4-11(25)13(8)16(26)12(7)18(28)21(9,31)19(29)14(17(15)27)20(22)30/h3-4,7,9,15,24-26,29,31-32H,5-6H2,1-2H3,(H2,22,30). The van der Waals surface area contributed by atoms with Crippen molar-refractivity contribution in [3.63, 3.8) is 0 Å². The van der Waals surface area contributed by atoms with Crippen molar-refractivity contribution in [1.82, 2.24) is 4.90 Å². The van der Waals surface area contributed by atoms with Crippen LogP contribution >= 0.6 is 0 Å². The Hall–Kier alpha value is -3.29. The van der Waals surface area contributed by atoms with Crippen LogP contribution in [0.3, 0.4) is 0 Å². The van der Waals surface area contributed by atoms with Crippen LogP contribution in [0.4, 0.5) is 5.69 Å². The van der Waals surface area contributed by atoms with Gasteiger partial charge in [-0.05, 0) is 38.9 Å². The molecule has 3 aliphatic carbocycles. The van der Waals surface area contributed by atoms with E-state index in [0.717, 1.165) is 6.07 Å². The number of hydrogen-bond donors (Lipinski definition) is 7. The van der Waals surface area contributed by atoms with E-state index >= 15 is 0 Å². The van der Waals surface area contributed by atoms with Gasteiger partial charge in [-0.1, -0.05) is 0 Å². The first-order chi connectivity index (χ1) is 15.3. The normalized spacial score (nSPS) is 30.2. The molecule has 1 saturated carbocycles. The van der Waals surface area contributed by atoms with Crippen LogP contribution < -0.4 is 11.0 Å². The molecule has 0 radical (unpaired) electrons. The number of rotatable bonds is 3. The highest BCUT2D eigenvalue weighted by molar-refractivity contribution is 6.24. The Morgan fingerprint density at radius 2 is 1.88 bits per heavy atom. The highest BCUT2D eigenvalue weighted by Crippen LogP contribution is 2.53. The lowest BCUT2D eigenvalue weighted by atomic mass is 9.57. The number of likely N-dealkylation sites (N-methyl/N-ethyl adjacent to an activating group) is 1. The van der Waals surface area contributed by atoms with Crippen LogP contribution in [0.2, 0.25) is 0 Å². The van der Waals surface area contributed by atoms with E-state index in [9.17, 15) is 45.2 Å². The first-order valence-electron chi connectivity index (χ1n) is 10.1. The number of phenols is 1. The Morgan fingerprint density at radius 1 is 1.24 bits per heavy atom. The molecule has 4 rings (SSSR count). The summed E-state index contributed by atoms with van der Waals surface area (Å²) in [6, 6.07) is 1.04. The predicted molar refractivity (Wildman–Crippen MR) is 110 cm³/mol. The first-order valence-corrected chi connectivity index (χ1v) is 10.1. The topological polar surface area (TPSA) is 209 Å². The molecule has 0 heterocycles. The highest BCUT2D eigenvalue weighted by Gasteiger charge is 2.64. The van der Waals surface area contributed by atoms with Gasteiger partial charge in [-0.25, -0.2) is 5.21 Å². The maximum absolute atomic E-state index is 13.6. The second-order valence-corrected chi connectivity index (χ2v) is 8.75. The summed E-state index contributed by atoms with van der Waals surface area (Å²) >= 11 is 0. The molecule has 0 aromatic heterocycles. The molecule has 0 bridgehead atoms. The number of ketones is 2. The van der Waals surface area contributed by atoms with Gasteiger partial charge in [-0.2, -0.15) is 5.23 Å². The number of Topliss-reactive ketones (excluding diaryl/α,β-unsaturated/α-hetero) is 2. The zero-order valence-corrected chi connectivity index (χ0v) is 17.7. The first kappa shape index (κ1) is 22.9. The van der Waals surface area contributed by atoms with Crippen LogP contribution in [-0.2, 0) is 20.8 Å². The molecule has 33 heavy (non-hydrogen) atoms. The Labute approximate surface area is 187 Å². The fraction of sp³-hybridized carbons (Fsp3) is 0.381. The Bertz CT molecular complexity index is 1170. The number of phenolic OH excluding ortho intramolecular Hbond substituents is 1. The number of benzene rings is 1. The summed E-state index contributed by atoms with van der Waals surface area (Å²) in [6.07, 6.45) is -0.189. The largest absolute Gasteiger partial charge is 0.595 e. The van der Waals surface area contributed by atoms with E-state index in [2.05, 4.69) is 0 Å². The SMILES string of the molecule is CN(C)C1C(=O)C(C(N)=O)=C(O)C2(O)C(=O)C3=C(O)c4c(O)ccc([NH+]([O-])O)c4CC3CC12. The van der Waals surface area contributed by atoms with Crippen molar-refractivity contribution in [2.45, 2.75) is 24.5 Å². The number of carbonyl (C=O) groups excluding carboxylic acids is 3. The summed E-state index contributed by atoms with van der Waals surface area (Å²) in [5.41, 5.74) is 0.965. The molecule has 0 saturated heterocycles. The molecule has 1 fully saturated rings. The number of carbonyl (C=O) groups is 3. The van der Waals surface area contributed by atoms with Crippen molar-refractivity contribution in [2.75, 3.05) is 14.1 Å². The minimum absolute atomic E-state index is 0.0788. The van der Waals surface area contributed by atoms with E-state index in [1.165, 1.54) is 25.1 Å². The average molecular weight is 461 g/mol. The van der Waals surface area contributed by atoms with Crippen LogP contribution in [0.25, 0.3) is 5.76 Å². The fourth-order valence-corrected chi connectivity index (χ4v) is 5.44. The number of aliphatic hydroxyl groups excluding tert-OH is 2. The summed E-state index contributed by atoms with van der Waals surface area (Å²) in [6.45, 7) is 0. The van der Waals surface area contributed by atoms with E-state index in [-0.39, 0.29) is 35.2 Å². The van der Waals surface area contributed by atoms with Gasteiger partial charge < -0.3 is 31.4 Å². The van der Waals surface area contributed by atoms with Gasteiger partial charge in [0, 0.05) is 23.1 Å². The van der Waals surface area contributed by atoms with E-state index in [1.807, 2.05) is 0 Å². The molecule has 0 aliphatic heterocycles. The number of primary amides is 1. The lowest BCUT2D eigenvalue weighted by Crippen LogP contribution is -2.99. The maximum Gasteiger partial charge on any atom is 0.255 e. The molecule has 1 aromatic carbocycles. The third-order valence-electron chi connectivity index (χ3n) is 6.83. The second kappa shape index (κ2) is 7.37. The quantitative estimate of drug-likeness (QED) is 0.155. The van der Waals surface area contributed by atoms with E-state index in [0.29, 0.717) is 0 Å². The van der Waals surface area contributed by atoms with Crippen molar-refractivity contribution in [1.29, 1.82) is 0 Å². The summed E-state index contributed by atoms with van der Waals surface area (Å²) in [5.74, 6) is -7.75. The molecule has 5 unspecified atom stereocenters. The third-order valence-corrected chi connectivity index (χ3v) is 6.83. The second-order valence-electron chi connectivity index (χ2n) is 8.75. The Balaban J connectivity index is 1.99.